The van der Waals surface area contributed by atoms with Gasteiger partial charge in [0.25, 0.3) is 0 Å². The summed E-state index contributed by atoms with van der Waals surface area (Å²) in [7, 11) is 1.74. The number of ether oxygens (including phenoxy) is 2. The van der Waals surface area contributed by atoms with E-state index in [4.69, 9.17) is 15.2 Å². The van der Waals surface area contributed by atoms with E-state index < -0.39 is 11.1 Å². The molecule has 6 aliphatic carbocycles. The van der Waals surface area contributed by atoms with Gasteiger partial charge >= 0.3 is 0 Å². The maximum Gasteiger partial charge on any atom is 0.229 e. The minimum absolute atomic E-state index is 0.0317. The molecule has 0 radical (unpaired) electrons. The summed E-state index contributed by atoms with van der Waals surface area (Å²) in [6, 6.07) is 14.2. The molecular formula is C32H38N2O3. The number of carbonyl (C=O) groups excluding carboxylic acids is 1. The lowest BCUT2D eigenvalue weighted by atomic mass is 9.28. The highest BCUT2D eigenvalue weighted by Crippen LogP contribution is 2.81. The number of para-hydroxylation sites is 1. The molecule has 5 saturated carbocycles. The van der Waals surface area contributed by atoms with Gasteiger partial charge in [-0.1, -0.05) is 37.1 Å². The van der Waals surface area contributed by atoms with Gasteiger partial charge in [-0.15, -0.1) is 0 Å². The lowest BCUT2D eigenvalue weighted by molar-refractivity contribution is -0.248. The van der Waals surface area contributed by atoms with Crippen molar-refractivity contribution >= 4 is 11.6 Å². The molecule has 5 nitrogen and oxygen atoms in total. The third kappa shape index (κ3) is 2.49. The van der Waals surface area contributed by atoms with Gasteiger partial charge in [-0.05, 0) is 98.8 Å². The van der Waals surface area contributed by atoms with Gasteiger partial charge in [0.05, 0.1) is 18.6 Å². The van der Waals surface area contributed by atoms with Gasteiger partial charge in [0.2, 0.25) is 5.91 Å². The predicted octanol–water partition coefficient (Wildman–Crippen LogP) is 5.60. The highest BCUT2D eigenvalue weighted by atomic mass is 16.5. The molecule has 9 rings (SSSR count). The first kappa shape index (κ1) is 22.5. The molecule has 5 fully saturated rings. The first-order valence-electron chi connectivity index (χ1n) is 14.4. The van der Waals surface area contributed by atoms with Crippen LogP contribution in [-0.2, 0) is 16.6 Å². The number of hydrogen-bond acceptors (Lipinski definition) is 4. The number of hydrogen-bond donors (Lipinski definition) is 2. The number of benzene rings is 2. The van der Waals surface area contributed by atoms with Crippen LogP contribution in [0.25, 0.3) is 0 Å². The number of nitrogens with two attached hydrogens (primary N) is 1. The summed E-state index contributed by atoms with van der Waals surface area (Å²) in [6.07, 6.45) is 10.4. The normalized spacial score (nSPS) is 42.1. The quantitative estimate of drug-likeness (QED) is 0.563. The van der Waals surface area contributed by atoms with Crippen molar-refractivity contribution in [3.63, 3.8) is 0 Å². The van der Waals surface area contributed by atoms with E-state index in [-0.39, 0.29) is 22.7 Å². The number of methoxy groups -OCH3 is 1. The van der Waals surface area contributed by atoms with E-state index >= 15 is 0 Å². The van der Waals surface area contributed by atoms with E-state index in [1.807, 2.05) is 30.3 Å². The van der Waals surface area contributed by atoms with Crippen LogP contribution in [0.3, 0.4) is 0 Å². The number of carbonyl (C=O) groups is 1. The Kier molecular flexibility index (Phi) is 4.31. The molecule has 7 aliphatic rings. The number of amides is 1. The first-order valence-corrected chi connectivity index (χ1v) is 14.4. The Morgan fingerprint density at radius 3 is 2.68 bits per heavy atom. The number of rotatable bonds is 5. The largest absolute Gasteiger partial charge is 0.493 e. The highest BCUT2D eigenvalue weighted by Gasteiger charge is 2.84. The fraction of sp³-hybridized carbons (Fsp3) is 0.594. The Balaban J connectivity index is 1.31. The van der Waals surface area contributed by atoms with E-state index in [9.17, 15) is 4.79 Å². The summed E-state index contributed by atoms with van der Waals surface area (Å²) < 4.78 is 13.0. The maximum atomic E-state index is 14.1. The number of anilines is 1. The van der Waals surface area contributed by atoms with Crippen LogP contribution in [0.4, 0.5) is 5.69 Å². The van der Waals surface area contributed by atoms with E-state index in [0.717, 1.165) is 61.1 Å². The van der Waals surface area contributed by atoms with Gasteiger partial charge in [-0.3, -0.25) is 4.79 Å². The summed E-state index contributed by atoms with van der Waals surface area (Å²) in [5.41, 5.74) is 9.69. The Labute approximate surface area is 219 Å². The zero-order valence-electron chi connectivity index (χ0n) is 22.0. The molecule has 1 amide bonds. The average Bonchev–Trinajstić information content (AvgIpc) is 3.66. The van der Waals surface area contributed by atoms with E-state index in [0.29, 0.717) is 5.92 Å². The minimum Gasteiger partial charge on any atom is -0.493 e. The molecule has 0 aromatic heterocycles. The Hall–Kier alpha value is -2.53. The minimum atomic E-state index is -0.750. The van der Waals surface area contributed by atoms with Crippen molar-refractivity contribution in [3.8, 4) is 11.5 Å². The molecule has 194 valence electrons. The van der Waals surface area contributed by atoms with Crippen LogP contribution < -0.4 is 20.5 Å². The fourth-order valence-electron chi connectivity index (χ4n) is 10.5. The third-order valence-electron chi connectivity index (χ3n) is 12.2. The molecule has 1 aliphatic heterocycles. The van der Waals surface area contributed by atoms with Gasteiger partial charge < -0.3 is 20.5 Å². The van der Waals surface area contributed by atoms with Crippen LogP contribution in [0.15, 0.2) is 42.5 Å². The molecule has 3 N–H and O–H groups in total. The lowest BCUT2D eigenvalue weighted by Crippen LogP contribution is -2.86. The maximum absolute atomic E-state index is 14.1. The van der Waals surface area contributed by atoms with Crippen molar-refractivity contribution in [2.45, 2.75) is 81.3 Å². The van der Waals surface area contributed by atoms with Crippen molar-refractivity contribution < 1.29 is 14.3 Å². The van der Waals surface area contributed by atoms with Gasteiger partial charge in [0.1, 0.15) is 5.60 Å². The van der Waals surface area contributed by atoms with Gasteiger partial charge in [0.15, 0.2) is 11.5 Å². The second-order valence-corrected chi connectivity index (χ2v) is 13.3. The van der Waals surface area contributed by atoms with Crippen LogP contribution >= 0.6 is 0 Å². The summed E-state index contributed by atoms with van der Waals surface area (Å²) in [6.45, 7) is 2.26. The molecule has 3 unspecified atom stereocenters. The summed E-state index contributed by atoms with van der Waals surface area (Å²) in [5.74, 6) is 3.70. The molecule has 7 atom stereocenters. The van der Waals surface area contributed by atoms with E-state index in [2.05, 4.69) is 24.4 Å². The number of fused-ring (bicyclic) bond motifs is 2. The Morgan fingerprint density at radius 1 is 1.11 bits per heavy atom. The molecule has 0 saturated heterocycles. The zero-order chi connectivity index (χ0) is 25.2. The number of nitrogens with one attached hydrogen (secondary N) is 1. The van der Waals surface area contributed by atoms with E-state index in [1.54, 1.807) is 7.11 Å². The summed E-state index contributed by atoms with van der Waals surface area (Å²) in [5, 5.41) is 3.24. The lowest BCUT2D eigenvalue weighted by Gasteiger charge is -2.76. The Bertz CT molecular complexity index is 1310. The molecule has 37 heavy (non-hydrogen) atoms. The Morgan fingerprint density at radius 2 is 1.92 bits per heavy atom. The predicted molar refractivity (Wildman–Crippen MR) is 143 cm³/mol. The fourth-order valence-corrected chi connectivity index (χ4v) is 10.5. The standard InChI is InChI=1S/C32H38N2O3/c1-29-31-13-12-20(16-19-8-9-19)23(17-21-10-11-25(36-2)27(37-29)26(21)31)30(31)14-15-32(29,33)24(18-30)28(35)34-22-6-4-3-5-7-22/h3-7,10-11,19-20,23-24H,8-9,12-18,33H2,1-2H3,(H,34,35)/t20?,23-,24?,29-,30+,31?,32+/m0/s1. The van der Waals surface area contributed by atoms with Crippen LogP contribution in [0.5, 0.6) is 11.5 Å². The summed E-state index contributed by atoms with van der Waals surface area (Å²) >= 11 is 0. The zero-order valence-corrected chi connectivity index (χ0v) is 22.0. The molecule has 1 heterocycles. The van der Waals surface area contributed by atoms with Crippen LogP contribution in [-0.4, -0.2) is 24.2 Å². The van der Waals surface area contributed by atoms with Crippen molar-refractivity contribution in [1.82, 2.24) is 0 Å². The monoisotopic (exact) mass is 498 g/mol. The van der Waals surface area contributed by atoms with Gasteiger partial charge in [0, 0.05) is 16.7 Å². The molecule has 2 spiro atoms. The van der Waals surface area contributed by atoms with Gasteiger partial charge in [-0.2, -0.15) is 0 Å². The first-order chi connectivity index (χ1) is 17.9. The van der Waals surface area contributed by atoms with Crippen molar-refractivity contribution in [3.05, 3.63) is 53.6 Å². The van der Waals surface area contributed by atoms with Crippen LogP contribution in [0.1, 0.15) is 69.4 Å². The molecule has 4 bridgehead atoms. The summed E-state index contributed by atoms with van der Waals surface area (Å²) in [4.78, 5) is 14.1. The van der Waals surface area contributed by atoms with Crippen molar-refractivity contribution in [2.24, 2.45) is 34.8 Å². The van der Waals surface area contributed by atoms with Crippen LogP contribution in [0, 0.1) is 29.1 Å². The van der Waals surface area contributed by atoms with Crippen molar-refractivity contribution in [1.29, 1.82) is 0 Å². The topological polar surface area (TPSA) is 73.6 Å². The average molecular weight is 499 g/mol. The highest BCUT2D eigenvalue weighted by molar-refractivity contribution is 5.94. The molecule has 5 heteroatoms. The van der Waals surface area contributed by atoms with Gasteiger partial charge in [-0.25, -0.2) is 0 Å². The smallest absolute Gasteiger partial charge is 0.229 e. The SMILES string of the molecule is COc1ccc2c3c1O[C@@]1(C)C34CCC(CC3CC3)[C@H](C2)[C@]42CC[C@@]1(N)C(C(=O)Nc1ccccc1)C2. The second-order valence-electron chi connectivity index (χ2n) is 13.3. The van der Waals surface area contributed by atoms with E-state index in [1.165, 1.54) is 36.8 Å². The molecular weight excluding hydrogens is 460 g/mol. The molecule has 2 aromatic carbocycles. The second kappa shape index (κ2) is 7.11. The van der Waals surface area contributed by atoms with Crippen LogP contribution in [0.2, 0.25) is 0 Å². The third-order valence-corrected chi connectivity index (χ3v) is 12.2. The molecule has 2 aromatic rings. The van der Waals surface area contributed by atoms with Crippen molar-refractivity contribution in [2.75, 3.05) is 12.4 Å².